The van der Waals surface area contributed by atoms with Crippen LogP contribution in [0.2, 0.25) is 0 Å². The Labute approximate surface area is 220 Å². The zero-order valence-electron chi connectivity index (χ0n) is 20.5. The van der Waals surface area contributed by atoms with Crippen LogP contribution in [0.25, 0.3) is 22.4 Å². The van der Waals surface area contributed by atoms with Gasteiger partial charge in [0.15, 0.2) is 17.0 Å². The number of hydrogen-bond donors (Lipinski definition) is 3. The topological polar surface area (TPSA) is 158 Å². The van der Waals surface area contributed by atoms with Crippen LogP contribution in [0, 0.1) is 0 Å². The lowest BCUT2D eigenvalue weighted by atomic mass is 10.1. The van der Waals surface area contributed by atoms with E-state index < -0.39 is 12.5 Å². The monoisotopic (exact) mass is 538 g/mol. The predicted octanol–water partition coefficient (Wildman–Crippen LogP) is 1.79. The van der Waals surface area contributed by atoms with E-state index in [0.29, 0.717) is 70.9 Å². The molecule has 2 amide bonds. The van der Waals surface area contributed by atoms with Crippen LogP contribution >= 0.6 is 0 Å². The Morgan fingerprint density at radius 1 is 1.15 bits per heavy atom. The molecule has 0 aliphatic carbocycles. The highest BCUT2D eigenvalue weighted by Crippen LogP contribution is 2.26. The van der Waals surface area contributed by atoms with E-state index in [1.165, 1.54) is 23.3 Å². The number of nitrogens with zero attached hydrogens (tertiary/aromatic N) is 7. The van der Waals surface area contributed by atoms with E-state index in [1.54, 1.807) is 24.3 Å². The molecule has 3 aromatic heterocycles. The van der Waals surface area contributed by atoms with Gasteiger partial charge >= 0.3 is 6.55 Å². The van der Waals surface area contributed by atoms with Gasteiger partial charge < -0.3 is 26.0 Å². The zero-order chi connectivity index (χ0) is 27.5. The number of anilines is 3. The molecular weight excluding hydrogens is 514 g/mol. The molecule has 202 valence electrons. The summed E-state index contributed by atoms with van der Waals surface area (Å²) < 4.78 is 33.7. The summed E-state index contributed by atoms with van der Waals surface area (Å²) in [6.07, 6.45) is 3.91. The van der Waals surface area contributed by atoms with E-state index in [1.807, 2.05) is 4.90 Å². The average Bonchev–Trinajstić information content (AvgIpc) is 3.60. The predicted molar refractivity (Wildman–Crippen MR) is 139 cm³/mol. The van der Waals surface area contributed by atoms with E-state index in [9.17, 15) is 18.4 Å². The van der Waals surface area contributed by atoms with Crippen LogP contribution in [-0.4, -0.2) is 74.0 Å². The number of amides is 2. The molecule has 0 atom stereocenters. The van der Waals surface area contributed by atoms with Crippen LogP contribution < -0.4 is 21.3 Å². The van der Waals surface area contributed by atoms with E-state index in [-0.39, 0.29) is 18.0 Å². The standard InChI is InChI=1S/C24H24F2N10O3/c1-14(20(27)38)15-2-4-16(5-3-15)31-18(37)11-28-21-19-22(33-24(32-21)34-6-8-39-9-7-34)35(13-29-19)17-10-30-36(12-17)23(25)26/h2-5,10,12-13,23H,1,6-9,11H2,(H2,27,38)(H,31,37)(H,28,32,33). The molecule has 4 N–H and O–H groups in total. The summed E-state index contributed by atoms with van der Waals surface area (Å²) in [6.45, 7) is 2.80. The Bertz CT molecular complexity index is 1530. The van der Waals surface area contributed by atoms with Crippen LogP contribution in [0.5, 0.6) is 0 Å². The Hall–Kier alpha value is -4.92. The summed E-state index contributed by atoms with van der Waals surface area (Å²) in [7, 11) is 0. The molecule has 0 bridgehead atoms. The molecular formula is C24H24F2N10O3. The first kappa shape index (κ1) is 25.7. The number of hydrogen-bond acceptors (Lipinski definition) is 9. The van der Waals surface area contributed by atoms with Crippen LogP contribution in [0.4, 0.5) is 26.2 Å². The van der Waals surface area contributed by atoms with Crippen molar-refractivity contribution in [1.82, 2.24) is 29.3 Å². The first-order chi connectivity index (χ1) is 18.8. The van der Waals surface area contributed by atoms with Crippen LogP contribution in [-0.2, 0) is 14.3 Å². The third-order valence-corrected chi connectivity index (χ3v) is 5.98. The van der Waals surface area contributed by atoms with Gasteiger partial charge in [-0.05, 0) is 17.7 Å². The number of morpholine rings is 1. The average molecular weight is 539 g/mol. The van der Waals surface area contributed by atoms with Gasteiger partial charge in [-0.2, -0.15) is 23.8 Å². The maximum Gasteiger partial charge on any atom is 0.333 e. The number of rotatable bonds is 9. The number of benzene rings is 1. The van der Waals surface area contributed by atoms with Crippen molar-refractivity contribution in [3.8, 4) is 5.69 Å². The molecule has 1 aliphatic rings. The van der Waals surface area contributed by atoms with Gasteiger partial charge in [-0.3, -0.25) is 14.2 Å². The van der Waals surface area contributed by atoms with Gasteiger partial charge in [0.2, 0.25) is 17.8 Å². The number of carbonyl (C=O) groups excluding carboxylic acids is 2. The van der Waals surface area contributed by atoms with Gasteiger partial charge in [0.25, 0.3) is 0 Å². The second-order valence-corrected chi connectivity index (χ2v) is 8.54. The Kier molecular flexibility index (Phi) is 7.14. The molecule has 4 aromatic rings. The van der Waals surface area contributed by atoms with E-state index in [2.05, 4.69) is 37.3 Å². The molecule has 4 heterocycles. The number of carbonyl (C=O) groups is 2. The molecule has 39 heavy (non-hydrogen) atoms. The first-order valence-corrected chi connectivity index (χ1v) is 11.8. The molecule has 0 saturated carbocycles. The third-order valence-electron chi connectivity index (χ3n) is 5.98. The third kappa shape index (κ3) is 5.52. The van der Waals surface area contributed by atoms with E-state index in [4.69, 9.17) is 10.5 Å². The Morgan fingerprint density at radius 2 is 1.90 bits per heavy atom. The smallest absolute Gasteiger partial charge is 0.333 e. The summed E-state index contributed by atoms with van der Waals surface area (Å²) in [4.78, 5) is 39.5. The fourth-order valence-corrected chi connectivity index (χ4v) is 3.93. The van der Waals surface area contributed by atoms with Crippen molar-refractivity contribution in [2.75, 3.05) is 48.4 Å². The normalized spacial score (nSPS) is 13.6. The molecule has 1 saturated heterocycles. The minimum Gasteiger partial charge on any atom is -0.378 e. The molecule has 15 heteroatoms. The van der Waals surface area contributed by atoms with Gasteiger partial charge in [0.1, 0.15) is 6.33 Å². The number of alkyl halides is 2. The molecule has 0 radical (unpaired) electrons. The van der Waals surface area contributed by atoms with Gasteiger partial charge in [-0.1, -0.05) is 18.7 Å². The SMILES string of the molecule is C=C(C(N)=O)c1ccc(NC(=O)CNc2nc(N3CCOCC3)nc3c2ncn3-c2cnn(C(F)F)c2)cc1. The van der Waals surface area contributed by atoms with Gasteiger partial charge in [0, 0.05) is 24.4 Å². The maximum atomic E-state index is 13.1. The Balaban J connectivity index is 1.38. The summed E-state index contributed by atoms with van der Waals surface area (Å²) in [5, 5.41) is 9.45. The second kappa shape index (κ2) is 10.8. The second-order valence-electron chi connectivity index (χ2n) is 8.54. The lowest BCUT2D eigenvalue weighted by Crippen LogP contribution is -2.37. The molecule has 5 rings (SSSR count). The molecule has 0 unspecified atom stereocenters. The minimum absolute atomic E-state index is 0.152. The number of aromatic nitrogens is 6. The van der Waals surface area contributed by atoms with Gasteiger partial charge in [0.05, 0.1) is 37.8 Å². The van der Waals surface area contributed by atoms with Crippen LogP contribution in [0.15, 0.2) is 49.6 Å². The number of primary amides is 1. The summed E-state index contributed by atoms with van der Waals surface area (Å²) >= 11 is 0. The fraction of sp³-hybridized carbons (Fsp3) is 0.250. The minimum atomic E-state index is -2.79. The quantitative estimate of drug-likeness (QED) is 0.270. The van der Waals surface area contributed by atoms with Gasteiger partial charge in [-0.15, -0.1) is 0 Å². The highest BCUT2D eigenvalue weighted by Gasteiger charge is 2.21. The number of halogens is 2. The van der Waals surface area contributed by atoms with Crippen LogP contribution in [0.3, 0.4) is 0 Å². The van der Waals surface area contributed by atoms with Crippen molar-refractivity contribution >= 4 is 46.0 Å². The lowest BCUT2D eigenvalue weighted by molar-refractivity contribution is -0.114. The number of ether oxygens (including phenoxy) is 1. The lowest BCUT2D eigenvalue weighted by Gasteiger charge is -2.27. The van der Waals surface area contributed by atoms with E-state index >= 15 is 0 Å². The number of fused-ring (bicyclic) bond motifs is 1. The van der Waals surface area contributed by atoms with Crippen molar-refractivity contribution in [1.29, 1.82) is 0 Å². The first-order valence-electron chi connectivity index (χ1n) is 11.8. The largest absolute Gasteiger partial charge is 0.378 e. The number of nitrogens with two attached hydrogens (primary N) is 1. The van der Waals surface area contributed by atoms with Crippen molar-refractivity contribution < 1.29 is 23.1 Å². The number of nitrogens with one attached hydrogen (secondary N) is 2. The zero-order valence-corrected chi connectivity index (χ0v) is 20.5. The molecule has 0 spiro atoms. The van der Waals surface area contributed by atoms with Crippen LogP contribution in [0.1, 0.15) is 12.1 Å². The van der Waals surface area contributed by atoms with E-state index in [0.717, 1.165) is 0 Å². The fourth-order valence-electron chi connectivity index (χ4n) is 3.93. The van der Waals surface area contributed by atoms with Crippen molar-refractivity contribution in [2.45, 2.75) is 6.55 Å². The summed E-state index contributed by atoms with van der Waals surface area (Å²) in [5.41, 5.74) is 7.51. The molecule has 1 fully saturated rings. The summed E-state index contributed by atoms with van der Waals surface area (Å²) in [6, 6.07) is 6.51. The van der Waals surface area contributed by atoms with Crippen molar-refractivity contribution in [3.63, 3.8) is 0 Å². The highest BCUT2D eigenvalue weighted by molar-refractivity contribution is 6.17. The Morgan fingerprint density at radius 3 is 2.56 bits per heavy atom. The molecule has 13 nitrogen and oxygen atoms in total. The molecule has 1 aliphatic heterocycles. The summed E-state index contributed by atoms with van der Waals surface area (Å²) in [5.74, 6) is -0.325. The molecule has 1 aromatic carbocycles. The highest BCUT2D eigenvalue weighted by atomic mass is 19.3. The van der Waals surface area contributed by atoms with Crippen molar-refractivity contribution in [2.24, 2.45) is 5.73 Å². The maximum absolute atomic E-state index is 13.1. The van der Waals surface area contributed by atoms with Gasteiger partial charge in [-0.25, -0.2) is 9.67 Å². The number of imidazole rings is 1. The van der Waals surface area contributed by atoms with Crippen molar-refractivity contribution in [3.05, 3.63) is 55.1 Å².